The molecule has 1 saturated heterocycles. The van der Waals surface area contributed by atoms with E-state index in [0.717, 1.165) is 15.3 Å². The summed E-state index contributed by atoms with van der Waals surface area (Å²) in [5.41, 5.74) is 1.52. The Morgan fingerprint density at radius 2 is 2.00 bits per heavy atom. The molecule has 0 aliphatic carbocycles. The number of aryl methyl sites for hydroxylation is 2. The number of ether oxygens (including phenoxy) is 2. The second-order valence-electron chi connectivity index (χ2n) is 7.34. The summed E-state index contributed by atoms with van der Waals surface area (Å²) in [6, 6.07) is 0. The molecule has 0 spiro atoms. The predicted octanol–water partition coefficient (Wildman–Crippen LogP) is 0.974. The normalized spacial score (nSPS) is 18.5. The van der Waals surface area contributed by atoms with Crippen LogP contribution >= 0.6 is 11.3 Å². The Balaban J connectivity index is 0.00000225. The molecule has 10 heteroatoms. The van der Waals surface area contributed by atoms with Gasteiger partial charge in [0.1, 0.15) is 11.1 Å². The van der Waals surface area contributed by atoms with Gasteiger partial charge in [-0.25, -0.2) is 9.78 Å². The summed E-state index contributed by atoms with van der Waals surface area (Å²) in [5.74, 6) is -0.627. The van der Waals surface area contributed by atoms with Crippen molar-refractivity contribution in [3.05, 3.63) is 38.1 Å². The van der Waals surface area contributed by atoms with Gasteiger partial charge in [-0.2, -0.15) is 0 Å². The van der Waals surface area contributed by atoms with Crippen LogP contribution in [0.3, 0.4) is 0 Å². The fourth-order valence-electron chi connectivity index (χ4n) is 3.50. The molecule has 8 nitrogen and oxygen atoms in total. The van der Waals surface area contributed by atoms with Crippen LogP contribution in [0.15, 0.2) is 21.2 Å². The average molecular weight is 414 g/mol. The van der Waals surface area contributed by atoms with Crippen molar-refractivity contribution < 1.29 is 9.47 Å². The summed E-state index contributed by atoms with van der Waals surface area (Å²) in [5, 5.41) is 3.19. The average Bonchev–Trinajstić information content (AvgIpc) is 3.28. The molecule has 0 radical (unpaired) electrons. The zero-order valence-electron chi connectivity index (χ0n) is 16.0. The topological polar surface area (TPSA) is 80.3 Å². The molecule has 0 amide bonds. The third-order valence-corrected chi connectivity index (χ3v) is 5.77. The predicted molar refractivity (Wildman–Crippen MR) is 110 cm³/mol. The molecule has 3 aromatic rings. The van der Waals surface area contributed by atoms with Crippen LogP contribution in [0.2, 0.25) is 0 Å². The number of rotatable bonds is 3. The van der Waals surface area contributed by atoms with Crippen LogP contribution in [0.25, 0.3) is 21.6 Å². The molecule has 1 aliphatic heterocycles. The van der Waals surface area contributed by atoms with Crippen LogP contribution in [0.5, 0.6) is 0 Å². The number of fused-ring (bicyclic) bond motifs is 1. The van der Waals surface area contributed by atoms with Gasteiger partial charge in [0.25, 0.3) is 5.56 Å². The monoisotopic (exact) mass is 414 g/mol. The molecule has 0 N–H and O–H groups in total. The third kappa shape index (κ3) is 3.55. The van der Waals surface area contributed by atoms with E-state index < -0.39 is 5.79 Å². The van der Waals surface area contributed by atoms with E-state index in [0.29, 0.717) is 29.7 Å². The van der Waals surface area contributed by atoms with E-state index >= 15 is 0 Å². The molecule has 146 valence electrons. The first-order valence-corrected chi connectivity index (χ1v) is 9.59. The van der Waals surface area contributed by atoms with E-state index in [-0.39, 0.29) is 46.9 Å². The maximum atomic E-state index is 12.9. The minimum absolute atomic E-state index is 0. The molecule has 28 heavy (non-hydrogen) atoms. The molecule has 4 heterocycles. The Bertz CT molecular complexity index is 1160. The molecule has 1 unspecified atom stereocenters. The van der Waals surface area contributed by atoms with Gasteiger partial charge < -0.3 is 14.0 Å². The van der Waals surface area contributed by atoms with Gasteiger partial charge in [0.2, 0.25) is 0 Å². The van der Waals surface area contributed by atoms with E-state index in [1.54, 1.807) is 7.05 Å². The van der Waals surface area contributed by atoms with Crippen molar-refractivity contribution in [2.24, 2.45) is 14.1 Å². The Morgan fingerprint density at radius 1 is 1.29 bits per heavy atom. The second-order valence-corrected chi connectivity index (χ2v) is 8.20. The van der Waals surface area contributed by atoms with E-state index in [4.69, 9.17) is 9.47 Å². The SMILES string of the molecule is Cc1csc(-c2c3c(=O)n(C)c(=O)n(C)c3cn2CC2COC(C)(C)O2)n1.[NaH]. The van der Waals surface area contributed by atoms with E-state index in [2.05, 4.69) is 4.98 Å². The zero-order chi connectivity index (χ0) is 19.5. The maximum absolute atomic E-state index is 12.9. The summed E-state index contributed by atoms with van der Waals surface area (Å²) in [4.78, 5) is 29.8. The van der Waals surface area contributed by atoms with Crippen molar-refractivity contribution in [2.45, 2.75) is 39.2 Å². The Kier molecular flexibility index (Phi) is 5.79. The summed E-state index contributed by atoms with van der Waals surface area (Å²) in [7, 11) is 3.17. The molecule has 0 bridgehead atoms. The molecule has 0 aromatic carbocycles. The first kappa shape index (κ1) is 21.5. The second kappa shape index (κ2) is 7.55. The molecule has 1 aliphatic rings. The van der Waals surface area contributed by atoms with E-state index in [9.17, 15) is 9.59 Å². The molecule has 1 fully saturated rings. The van der Waals surface area contributed by atoms with Gasteiger partial charge >= 0.3 is 35.2 Å². The zero-order valence-corrected chi connectivity index (χ0v) is 16.8. The molecule has 4 rings (SSSR count). The number of aromatic nitrogens is 4. The van der Waals surface area contributed by atoms with E-state index in [1.807, 2.05) is 36.9 Å². The van der Waals surface area contributed by atoms with Crippen molar-refractivity contribution in [3.63, 3.8) is 0 Å². The van der Waals surface area contributed by atoms with Crippen LogP contribution < -0.4 is 11.2 Å². The fourth-order valence-corrected chi connectivity index (χ4v) is 4.36. The molecule has 1 atom stereocenters. The Hall–Kier alpha value is -1.23. The molecular weight excluding hydrogens is 391 g/mol. The summed E-state index contributed by atoms with van der Waals surface area (Å²) < 4.78 is 16.2. The first-order valence-electron chi connectivity index (χ1n) is 8.71. The fraction of sp³-hybridized carbons (Fsp3) is 0.500. The van der Waals surface area contributed by atoms with Gasteiger partial charge in [-0.1, -0.05) is 0 Å². The van der Waals surface area contributed by atoms with Gasteiger partial charge in [0, 0.05) is 31.4 Å². The van der Waals surface area contributed by atoms with Crippen molar-refractivity contribution in [1.82, 2.24) is 18.7 Å². The van der Waals surface area contributed by atoms with Crippen LogP contribution in [-0.2, 0) is 30.1 Å². The number of nitrogens with zero attached hydrogens (tertiary/aromatic N) is 4. The molecule has 3 aromatic heterocycles. The van der Waals surface area contributed by atoms with Gasteiger partial charge in [-0.05, 0) is 20.8 Å². The summed E-state index contributed by atoms with van der Waals surface area (Å²) in [6.45, 7) is 6.64. The Labute approximate surface area is 188 Å². The molecule has 0 saturated carbocycles. The standard InChI is InChI=1S/C18H22N4O4S.Na.H/c1-10-9-27-15(19-10)14-13-12(20(4)17(24)21(5)16(13)23)7-22(14)6-11-8-25-18(2,3)26-11;;/h7,9,11H,6,8H2,1-5H3;;. The van der Waals surface area contributed by atoms with Crippen molar-refractivity contribution >= 4 is 51.8 Å². The summed E-state index contributed by atoms with van der Waals surface area (Å²) >= 11 is 1.48. The van der Waals surface area contributed by atoms with Gasteiger partial charge in [0.15, 0.2) is 5.79 Å². The van der Waals surface area contributed by atoms with Crippen molar-refractivity contribution in [1.29, 1.82) is 0 Å². The molecular formula is C18H23N4NaO4S. The quantitative estimate of drug-likeness (QED) is 0.597. The Morgan fingerprint density at radius 3 is 2.57 bits per heavy atom. The van der Waals surface area contributed by atoms with Crippen molar-refractivity contribution in [3.8, 4) is 10.7 Å². The first-order chi connectivity index (χ1) is 12.7. The minimum atomic E-state index is -0.627. The number of thiazole rings is 1. The summed E-state index contributed by atoms with van der Waals surface area (Å²) in [6.07, 6.45) is 1.68. The van der Waals surface area contributed by atoms with E-state index in [1.165, 1.54) is 23.0 Å². The van der Waals surface area contributed by atoms with Crippen LogP contribution in [-0.4, -0.2) is 66.7 Å². The third-order valence-electron chi connectivity index (χ3n) is 4.80. The van der Waals surface area contributed by atoms with Crippen LogP contribution in [0, 0.1) is 6.92 Å². The van der Waals surface area contributed by atoms with Crippen LogP contribution in [0.4, 0.5) is 0 Å². The van der Waals surface area contributed by atoms with Gasteiger partial charge in [0.05, 0.1) is 29.7 Å². The van der Waals surface area contributed by atoms with Gasteiger partial charge in [-0.3, -0.25) is 13.9 Å². The van der Waals surface area contributed by atoms with Crippen LogP contribution in [0.1, 0.15) is 19.5 Å². The number of hydrogen-bond acceptors (Lipinski definition) is 6. The van der Waals surface area contributed by atoms with Crippen molar-refractivity contribution in [2.75, 3.05) is 6.61 Å². The number of hydrogen-bond donors (Lipinski definition) is 0. The van der Waals surface area contributed by atoms with Gasteiger partial charge in [-0.15, -0.1) is 11.3 Å².